The maximum atomic E-state index is 13.5. The number of likely N-dealkylation sites (tertiary alicyclic amines) is 1. The first kappa shape index (κ1) is 24.0. The second-order valence-corrected chi connectivity index (χ2v) is 10.3. The van der Waals surface area contributed by atoms with Gasteiger partial charge in [0, 0.05) is 25.0 Å². The third-order valence-corrected chi connectivity index (χ3v) is 7.74. The van der Waals surface area contributed by atoms with Crippen LogP contribution >= 0.6 is 0 Å². The minimum atomic E-state index is -0.847. The van der Waals surface area contributed by atoms with E-state index in [9.17, 15) is 9.90 Å². The molecule has 194 valence electrons. The lowest BCUT2D eigenvalue weighted by Gasteiger charge is -2.30. The van der Waals surface area contributed by atoms with Gasteiger partial charge < -0.3 is 29.7 Å². The van der Waals surface area contributed by atoms with E-state index in [4.69, 9.17) is 14.5 Å². The highest BCUT2D eigenvalue weighted by atomic mass is 16.6. The summed E-state index contributed by atoms with van der Waals surface area (Å²) in [5.74, 6) is 2.07. The van der Waals surface area contributed by atoms with Gasteiger partial charge in [-0.15, -0.1) is 0 Å². The number of rotatable bonds is 7. The van der Waals surface area contributed by atoms with E-state index in [1.165, 1.54) is 0 Å². The number of pyridine rings is 1. The van der Waals surface area contributed by atoms with Crippen molar-refractivity contribution >= 4 is 22.6 Å². The Bertz CT molecular complexity index is 1260. The van der Waals surface area contributed by atoms with Crippen molar-refractivity contribution in [3.05, 3.63) is 60.2 Å². The Morgan fingerprint density at radius 2 is 1.84 bits per heavy atom. The summed E-state index contributed by atoms with van der Waals surface area (Å²) in [6.07, 6.45) is 2.21. The van der Waals surface area contributed by atoms with Crippen molar-refractivity contribution in [2.24, 2.45) is 5.92 Å². The number of nitrogens with one attached hydrogen (secondary N) is 1. The Morgan fingerprint density at radius 1 is 1.03 bits per heavy atom. The summed E-state index contributed by atoms with van der Waals surface area (Å²) in [6.45, 7) is 5.01. The largest absolute Gasteiger partial charge is 0.486 e. The number of hydrogen-bond donors (Lipinski definition) is 2. The van der Waals surface area contributed by atoms with Crippen molar-refractivity contribution in [2.75, 3.05) is 50.8 Å². The normalized spacial score (nSPS) is 21.2. The van der Waals surface area contributed by atoms with Gasteiger partial charge in [0.1, 0.15) is 25.1 Å². The maximum absolute atomic E-state index is 13.5. The van der Waals surface area contributed by atoms with Crippen LogP contribution in [0.2, 0.25) is 0 Å². The molecule has 2 fully saturated rings. The minimum absolute atomic E-state index is 0.0101. The fourth-order valence-electron chi connectivity index (χ4n) is 5.66. The topological polar surface area (TPSA) is 87.2 Å². The average Bonchev–Trinajstić information content (AvgIpc) is 3.64. The van der Waals surface area contributed by atoms with Gasteiger partial charge in [0.05, 0.1) is 17.5 Å². The number of amides is 1. The van der Waals surface area contributed by atoms with Gasteiger partial charge in [0.15, 0.2) is 11.5 Å². The molecule has 2 aromatic carbocycles. The molecule has 2 N–H and O–H groups in total. The van der Waals surface area contributed by atoms with E-state index >= 15 is 0 Å². The second-order valence-electron chi connectivity index (χ2n) is 10.3. The van der Waals surface area contributed by atoms with Gasteiger partial charge in [-0.05, 0) is 68.2 Å². The number of hydrogen-bond acceptors (Lipinski definition) is 7. The first-order chi connectivity index (χ1) is 18.1. The molecule has 8 heteroatoms. The van der Waals surface area contributed by atoms with Crippen molar-refractivity contribution in [3.63, 3.8) is 0 Å². The molecular weight excluding hydrogens is 468 g/mol. The Hall–Kier alpha value is -3.36. The highest BCUT2D eigenvalue weighted by Crippen LogP contribution is 2.34. The number of aromatic nitrogens is 1. The Balaban J connectivity index is 1.15. The molecule has 0 radical (unpaired) electrons. The molecule has 1 amide bonds. The molecule has 2 saturated heterocycles. The summed E-state index contributed by atoms with van der Waals surface area (Å²) < 4.78 is 11.4. The number of carbonyl (C=O) groups excluding carboxylic acids is 1. The molecule has 0 spiro atoms. The zero-order valence-electron chi connectivity index (χ0n) is 21.0. The van der Waals surface area contributed by atoms with Crippen LogP contribution in [0.25, 0.3) is 10.9 Å². The van der Waals surface area contributed by atoms with Crippen LogP contribution in [-0.4, -0.2) is 72.9 Å². The zero-order valence-corrected chi connectivity index (χ0v) is 21.0. The number of nitrogens with zero attached hydrogens (tertiary/aromatic N) is 3. The number of carbonyl (C=O) groups is 1. The molecule has 8 nitrogen and oxygen atoms in total. The third kappa shape index (κ3) is 5.22. The summed E-state index contributed by atoms with van der Waals surface area (Å²) in [5, 5.41) is 15.7. The number of fused-ring (bicyclic) bond motifs is 2. The monoisotopic (exact) mass is 502 g/mol. The van der Waals surface area contributed by atoms with Gasteiger partial charge >= 0.3 is 0 Å². The number of anilines is 1. The van der Waals surface area contributed by atoms with E-state index < -0.39 is 12.1 Å². The molecule has 3 aromatic rings. The van der Waals surface area contributed by atoms with Crippen molar-refractivity contribution < 1.29 is 19.4 Å². The van der Waals surface area contributed by atoms with Gasteiger partial charge in [0.25, 0.3) is 0 Å². The van der Waals surface area contributed by atoms with Crippen LogP contribution in [0, 0.1) is 5.92 Å². The van der Waals surface area contributed by atoms with Crippen LogP contribution in [0.4, 0.5) is 5.82 Å². The van der Waals surface area contributed by atoms with Crippen LogP contribution in [0.15, 0.2) is 54.6 Å². The molecule has 0 aliphatic carbocycles. The molecule has 3 aliphatic heterocycles. The molecule has 0 bridgehead atoms. The standard InChI is InChI=1S/C29H34N4O4/c34-28(21-7-9-25-26(17-21)37-16-15-36-25)24(19-32-12-3-4-13-32)31-29(35)22-11-14-33(18-22)27-10-8-20-5-1-2-6-23(20)30-27/h1-2,5-10,17,22,24,28,34H,3-4,11-16,18-19H2,(H,31,35)/t22-,24?,28?/m1/s1. The van der Waals surface area contributed by atoms with Gasteiger partial charge in [-0.3, -0.25) is 4.79 Å². The van der Waals surface area contributed by atoms with Crippen molar-refractivity contribution in [2.45, 2.75) is 31.4 Å². The fraction of sp³-hybridized carbons (Fsp3) is 0.448. The lowest BCUT2D eigenvalue weighted by Crippen LogP contribution is -2.48. The highest BCUT2D eigenvalue weighted by Gasteiger charge is 2.33. The van der Waals surface area contributed by atoms with E-state index in [-0.39, 0.29) is 11.8 Å². The van der Waals surface area contributed by atoms with E-state index in [0.717, 1.165) is 61.2 Å². The lowest BCUT2D eigenvalue weighted by atomic mass is 9.99. The van der Waals surface area contributed by atoms with E-state index in [2.05, 4.69) is 27.2 Å². The Morgan fingerprint density at radius 3 is 2.70 bits per heavy atom. The Kier molecular flexibility index (Phi) is 6.85. The molecule has 3 aliphatic rings. The van der Waals surface area contributed by atoms with Crippen LogP contribution in [0.1, 0.15) is 30.9 Å². The molecular formula is C29H34N4O4. The molecule has 1 aromatic heterocycles. The SMILES string of the molecule is O=C(NC(CN1CCCC1)C(O)c1ccc2c(c1)OCCO2)[C@@H]1CCN(c2ccc3ccccc3n2)C1. The fourth-order valence-corrected chi connectivity index (χ4v) is 5.66. The lowest BCUT2D eigenvalue weighted by molar-refractivity contribution is -0.126. The highest BCUT2D eigenvalue weighted by molar-refractivity contribution is 5.82. The van der Waals surface area contributed by atoms with Crippen molar-refractivity contribution in [1.29, 1.82) is 0 Å². The van der Waals surface area contributed by atoms with E-state index in [1.807, 2.05) is 42.5 Å². The number of aliphatic hydroxyl groups excluding tert-OH is 1. The van der Waals surface area contributed by atoms with Crippen LogP contribution < -0.4 is 19.7 Å². The molecule has 4 heterocycles. The summed E-state index contributed by atoms with van der Waals surface area (Å²) in [4.78, 5) is 22.8. The maximum Gasteiger partial charge on any atom is 0.225 e. The molecule has 0 saturated carbocycles. The number of ether oxygens (including phenoxy) is 2. The first-order valence-corrected chi connectivity index (χ1v) is 13.4. The predicted molar refractivity (Wildman–Crippen MR) is 142 cm³/mol. The molecule has 3 atom stereocenters. The van der Waals surface area contributed by atoms with E-state index in [0.29, 0.717) is 37.8 Å². The molecule has 2 unspecified atom stereocenters. The smallest absolute Gasteiger partial charge is 0.225 e. The molecule has 6 rings (SSSR count). The summed E-state index contributed by atoms with van der Waals surface area (Å²) in [5.41, 5.74) is 1.68. The van der Waals surface area contributed by atoms with Gasteiger partial charge in [-0.2, -0.15) is 0 Å². The minimum Gasteiger partial charge on any atom is -0.486 e. The Labute approximate surface area is 217 Å². The van der Waals surface area contributed by atoms with Gasteiger partial charge in [-0.25, -0.2) is 4.98 Å². The summed E-state index contributed by atoms with van der Waals surface area (Å²) >= 11 is 0. The van der Waals surface area contributed by atoms with Gasteiger partial charge in [-0.1, -0.05) is 24.3 Å². The van der Waals surface area contributed by atoms with E-state index in [1.54, 1.807) is 0 Å². The quantitative estimate of drug-likeness (QED) is 0.513. The van der Waals surface area contributed by atoms with Crippen LogP contribution in [0.3, 0.4) is 0 Å². The number of para-hydroxylation sites is 1. The summed E-state index contributed by atoms with van der Waals surface area (Å²) in [7, 11) is 0. The van der Waals surface area contributed by atoms with Gasteiger partial charge in [0.2, 0.25) is 5.91 Å². The third-order valence-electron chi connectivity index (χ3n) is 7.74. The summed E-state index contributed by atoms with van der Waals surface area (Å²) in [6, 6.07) is 17.3. The molecule has 37 heavy (non-hydrogen) atoms. The average molecular weight is 503 g/mol. The second kappa shape index (κ2) is 10.6. The number of benzene rings is 2. The van der Waals surface area contributed by atoms with Crippen LogP contribution in [-0.2, 0) is 4.79 Å². The zero-order chi connectivity index (χ0) is 25.2. The number of aliphatic hydroxyl groups is 1. The van der Waals surface area contributed by atoms with Crippen LogP contribution in [0.5, 0.6) is 11.5 Å². The van der Waals surface area contributed by atoms with Crippen molar-refractivity contribution in [3.8, 4) is 11.5 Å². The first-order valence-electron chi connectivity index (χ1n) is 13.4. The van der Waals surface area contributed by atoms with Crippen molar-refractivity contribution in [1.82, 2.24) is 15.2 Å². The predicted octanol–water partition coefficient (Wildman–Crippen LogP) is 3.15.